The van der Waals surface area contributed by atoms with Crippen LogP contribution in [0, 0.1) is 33.7 Å². The van der Waals surface area contributed by atoms with Gasteiger partial charge in [-0.15, -0.1) is 0 Å². The minimum Gasteiger partial charge on any atom is -0.258 e. The summed E-state index contributed by atoms with van der Waals surface area (Å²) in [5.41, 5.74) is -1.25. The molecule has 24 heavy (non-hydrogen) atoms. The van der Waals surface area contributed by atoms with Gasteiger partial charge in [0.2, 0.25) is 15.8 Å². The fourth-order valence-electron chi connectivity index (χ4n) is 5.38. The summed E-state index contributed by atoms with van der Waals surface area (Å²) in [6.45, 7) is 0. The Kier molecular flexibility index (Phi) is 3.47. The summed E-state index contributed by atoms with van der Waals surface area (Å²) in [5, 5.41) is 10.9. The number of hydrogen-bond donors (Lipinski definition) is 1. The predicted molar refractivity (Wildman–Crippen MR) is 84.3 cm³/mol. The van der Waals surface area contributed by atoms with E-state index in [1.54, 1.807) is 0 Å². The average Bonchev–Trinajstić information content (AvgIpc) is 2.44. The summed E-state index contributed by atoms with van der Waals surface area (Å²) in [4.78, 5) is 9.71. The molecular weight excluding hydrogens is 335 g/mol. The first-order valence-corrected chi connectivity index (χ1v) is 9.73. The van der Waals surface area contributed by atoms with Crippen molar-refractivity contribution in [3.05, 3.63) is 34.1 Å². The minimum atomic E-state index is -3.92. The molecule has 4 fully saturated rings. The fraction of sp³-hybridized carbons (Fsp3) is 0.625. The zero-order valence-electron chi connectivity index (χ0n) is 13.1. The molecule has 0 aliphatic heterocycles. The van der Waals surface area contributed by atoms with Crippen LogP contribution in [0.25, 0.3) is 0 Å². The van der Waals surface area contributed by atoms with Crippen LogP contribution in [0.1, 0.15) is 38.5 Å². The van der Waals surface area contributed by atoms with Gasteiger partial charge in [-0.3, -0.25) is 10.1 Å². The van der Waals surface area contributed by atoms with Gasteiger partial charge in [0.1, 0.15) is 0 Å². The fourth-order valence-corrected chi connectivity index (χ4v) is 6.83. The Morgan fingerprint density at radius 3 is 2.17 bits per heavy atom. The topological polar surface area (TPSA) is 89.3 Å². The van der Waals surface area contributed by atoms with Gasteiger partial charge in [0.25, 0.3) is 0 Å². The van der Waals surface area contributed by atoms with Gasteiger partial charge in [-0.25, -0.2) is 13.1 Å². The maximum atomic E-state index is 13.5. The Bertz CT molecular complexity index is 773. The van der Waals surface area contributed by atoms with Crippen LogP contribution in [0.3, 0.4) is 0 Å². The zero-order chi connectivity index (χ0) is 17.1. The summed E-state index contributed by atoms with van der Waals surface area (Å²) in [5.74, 6) is 0.679. The Balaban J connectivity index is 1.64. The first kappa shape index (κ1) is 16.0. The number of sulfonamides is 1. The second kappa shape index (κ2) is 5.23. The third-order valence-corrected chi connectivity index (χ3v) is 7.39. The van der Waals surface area contributed by atoms with Gasteiger partial charge >= 0.3 is 5.69 Å². The molecule has 0 saturated heterocycles. The highest BCUT2D eigenvalue weighted by molar-refractivity contribution is 7.89. The molecule has 8 heteroatoms. The molecule has 1 aromatic carbocycles. The number of halogens is 1. The third-order valence-electron chi connectivity index (χ3n) is 5.81. The highest BCUT2D eigenvalue weighted by Gasteiger charge is 2.52. The molecule has 4 saturated carbocycles. The van der Waals surface area contributed by atoms with Gasteiger partial charge in [-0.05, 0) is 68.4 Å². The average molecular weight is 354 g/mol. The summed E-state index contributed by atoms with van der Waals surface area (Å²) in [6, 6.07) is 2.73. The standard InChI is InChI=1S/C16H19FN2O4S/c17-14-2-1-13(6-15(14)19(20)21)24(22,23)18-16-7-10-3-11(8-16)5-12(4-10)9-16/h1-2,6,10-12,18H,3-5,7-9H2. The number of nitro benzene ring substituents is 1. The Labute approximate surface area is 139 Å². The smallest absolute Gasteiger partial charge is 0.258 e. The van der Waals surface area contributed by atoms with E-state index in [4.69, 9.17) is 0 Å². The molecule has 0 atom stereocenters. The molecule has 0 unspecified atom stereocenters. The highest BCUT2D eigenvalue weighted by Crippen LogP contribution is 2.56. The molecule has 4 aliphatic rings. The molecule has 5 rings (SSSR count). The van der Waals surface area contributed by atoms with Crippen molar-refractivity contribution in [3.8, 4) is 0 Å². The lowest BCUT2D eigenvalue weighted by molar-refractivity contribution is -0.387. The number of nitrogens with zero attached hydrogens (tertiary/aromatic N) is 1. The van der Waals surface area contributed by atoms with Gasteiger partial charge in [0.15, 0.2) is 0 Å². The first-order valence-electron chi connectivity index (χ1n) is 8.24. The maximum Gasteiger partial charge on any atom is 0.306 e. The Hall–Kier alpha value is -1.54. The molecule has 1 aromatic rings. The van der Waals surface area contributed by atoms with Gasteiger partial charge in [0, 0.05) is 11.6 Å². The van der Waals surface area contributed by atoms with Crippen LogP contribution in [0.15, 0.2) is 23.1 Å². The second-order valence-corrected chi connectivity index (χ2v) is 9.36. The number of nitrogens with one attached hydrogen (secondary N) is 1. The van der Waals surface area contributed by atoms with E-state index in [0.717, 1.165) is 37.5 Å². The van der Waals surface area contributed by atoms with Crippen molar-refractivity contribution in [1.82, 2.24) is 4.72 Å². The van der Waals surface area contributed by atoms with E-state index in [0.29, 0.717) is 17.8 Å². The predicted octanol–water partition coefficient (Wildman–Crippen LogP) is 2.98. The Morgan fingerprint density at radius 1 is 1.12 bits per heavy atom. The van der Waals surface area contributed by atoms with Crippen LogP contribution in [0.5, 0.6) is 0 Å². The van der Waals surface area contributed by atoms with E-state index in [2.05, 4.69) is 4.72 Å². The van der Waals surface area contributed by atoms with E-state index >= 15 is 0 Å². The Morgan fingerprint density at radius 2 is 1.67 bits per heavy atom. The van der Waals surface area contributed by atoms with Crippen molar-refractivity contribution in [2.24, 2.45) is 17.8 Å². The number of rotatable bonds is 4. The van der Waals surface area contributed by atoms with Crippen LogP contribution in [-0.4, -0.2) is 18.9 Å². The molecule has 0 spiro atoms. The first-order chi connectivity index (χ1) is 11.3. The van der Waals surface area contributed by atoms with Crippen molar-refractivity contribution >= 4 is 15.7 Å². The molecule has 0 radical (unpaired) electrons. The van der Waals surface area contributed by atoms with Crippen molar-refractivity contribution < 1.29 is 17.7 Å². The molecule has 1 N–H and O–H groups in total. The molecule has 6 nitrogen and oxygen atoms in total. The van der Waals surface area contributed by atoms with Crippen molar-refractivity contribution in [2.45, 2.75) is 49.0 Å². The van der Waals surface area contributed by atoms with E-state index < -0.39 is 32.0 Å². The lowest BCUT2D eigenvalue weighted by Gasteiger charge is -2.56. The molecule has 0 heterocycles. The van der Waals surface area contributed by atoms with Crippen LogP contribution >= 0.6 is 0 Å². The lowest BCUT2D eigenvalue weighted by atomic mass is 9.53. The van der Waals surface area contributed by atoms with Crippen molar-refractivity contribution in [3.63, 3.8) is 0 Å². The van der Waals surface area contributed by atoms with Crippen LogP contribution < -0.4 is 4.72 Å². The number of hydrogen-bond acceptors (Lipinski definition) is 4. The maximum absolute atomic E-state index is 13.5. The van der Waals surface area contributed by atoms with E-state index in [1.807, 2.05) is 0 Å². The van der Waals surface area contributed by atoms with Gasteiger partial charge < -0.3 is 0 Å². The van der Waals surface area contributed by atoms with E-state index in [9.17, 15) is 22.9 Å². The largest absolute Gasteiger partial charge is 0.306 e. The van der Waals surface area contributed by atoms with Crippen molar-refractivity contribution in [1.29, 1.82) is 0 Å². The minimum absolute atomic E-state index is 0.244. The summed E-state index contributed by atoms with van der Waals surface area (Å²) < 4.78 is 41.8. The summed E-state index contributed by atoms with van der Waals surface area (Å²) >= 11 is 0. The number of nitro groups is 1. The monoisotopic (exact) mass is 354 g/mol. The summed E-state index contributed by atoms with van der Waals surface area (Å²) in [7, 11) is -3.92. The van der Waals surface area contributed by atoms with Gasteiger partial charge in [-0.1, -0.05) is 0 Å². The van der Waals surface area contributed by atoms with Crippen molar-refractivity contribution in [2.75, 3.05) is 0 Å². The second-order valence-electron chi connectivity index (χ2n) is 7.67. The quantitative estimate of drug-likeness (QED) is 0.665. The van der Waals surface area contributed by atoms with Crippen LogP contribution in [-0.2, 0) is 10.0 Å². The van der Waals surface area contributed by atoms with Gasteiger partial charge in [-0.2, -0.15) is 4.39 Å². The van der Waals surface area contributed by atoms with Gasteiger partial charge in [0.05, 0.1) is 9.82 Å². The molecule has 0 aromatic heterocycles. The SMILES string of the molecule is O=[N+]([O-])c1cc(S(=O)(=O)NC23CC4CC(CC(C4)C2)C3)ccc1F. The van der Waals surface area contributed by atoms with Crippen LogP contribution in [0.4, 0.5) is 10.1 Å². The lowest BCUT2D eigenvalue weighted by Crippen LogP contribution is -2.59. The summed E-state index contributed by atoms with van der Waals surface area (Å²) in [6.07, 6.45) is 6.06. The molecular formula is C16H19FN2O4S. The number of benzene rings is 1. The zero-order valence-corrected chi connectivity index (χ0v) is 13.9. The molecule has 4 bridgehead atoms. The van der Waals surface area contributed by atoms with Crippen LogP contribution in [0.2, 0.25) is 0 Å². The molecule has 0 amide bonds. The highest BCUT2D eigenvalue weighted by atomic mass is 32.2. The molecule has 130 valence electrons. The van der Waals surface area contributed by atoms with E-state index in [1.165, 1.54) is 19.3 Å². The van der Waals surface area contributed by atoms with E-state index in [-0.39, 0.29) is 4.90 Å². The third kappa shape index (κ3) is 2.61. The normalized spacial score (nSPS) is 34.5. The molecule has 4 aliphatic carbocycles.